The van der Waals surface area contributed by atoms with E-state index < -0.39 is 5.97 Å². The molecule has 3 saturated carbocycles. The van der Waals surface area contributed by atoms with Crippen LogP contribution in [0.25, 0.3) is 11.1 Å². The van der Waals surface area contributed by atoms with Crippen molar-refractivity contribution in [2.45, 2.75) is 39.5 Å². The summed E-state index contributed by atoms with van der Waals surface area (Å²) in [6, 6.07) is 14.1. The first-order valence-corrected chi connectivity index (χ1v) is 13.7. The second kappa shape index (κ2) is 8.67. The van der Waals surface area contributed by atoms with Gasteiger partial charge in [-0.1, -0.05) is 45.0 Å². The molecule has 0 aromatic heterocycles. The monoisotopic (exact) mass is 502 g/mol. The zero-order valence-electron chi connectivity index (χ0n) is 22.2. The number of carbonyl (C=O) groups is 2. The van der Waals surface area contributed by atoms with Crippen LogP contribution in [0, 0.1) is 40.4 Å². The minimum atomic E-state index is -0.423. The Kier molecular flexibility index (Phi) is 5.77. The molecule has 4 unspecified atom stereocenters. The molecule has 6 heteroatoms. The molecule has 3 N–H and O–H groups in total. The lowest BCUT2D eigenvalue weighted by Crippen LogP contribution is -2.89. The molecule has 0 spiro atoms. The highest BCUT2D eigenvalue weighted by atomic mass is 16.5. The van der Waals surface area contributed by atoms with Crippen LogP contribution in [0.4, 0.5) is 5.69 Å². The first-order chi connectivity index (χ1) is 17.8. The molecular weight excluding hydrogens is 464 g/mol. The number of methoxy groups -OCH3 is 1. The molecule has 37 heavy (non-hydrogen) atoms. The Morgan fingerprint density at radius 1 is 1.00 bits per heavy atom. The number of esters is 1. The van der Waals surface area contributed by atoms with Gasteiger partial charge in [-0.2, -0.15) is 0 Å². The highest BCUT2D eigenvalue weighted by Crippen LogP contribution is 2.88. The molecule has 3 aliphatic carbocycles. The van der Waals surface area contributed by atoms with E-state index in [2.05, 4.69) is 55.7 Å². The van der Waals surface area contributed by atoms with Gasteiger partial charge in [-0.25, -0.2) is 4.79 Å². The zero-order chi connectivity index (χ0) is 26.1. The molecule has 4 aliphatic rings. The van der Waals surface area contributed by atoms with Crippen molar-refractivity contribution in [2.75, 3.05) is 32.1 Å². The number of hydrogen-bond donors (Lipinski definition) is 3. The van der Waals surface area contributed by atoms with Crippen molar-refractivity contribution < 1.29 is 19.4 Å². The standard InChI is InChI=1S/C31H38N2O4/c1-17-25-27-26(30(25,3)16-34)18(2)31(17,27)29(36)33-24-14-22(13-23(15-24)28(35)37-4)20-7-5-19(6-8-20)21-9-11-32-12-10-21/h5-8,13-15,17-18,21,25-27,32,34H,9-12,16H2,1-4H3,(H,33,36). The lowest BCUT2D eigenvalue weighted by atomic mass is 9.15. The molecule has 4 atom stereocenters. The van der Waals surface area contributed by atoms with Gasteiger partial charge >= 0.3 is 5.97 Å². The molecule has 0 bridgehead atoms. The van der Waals surface area contributed by atoms with Crippen LogP contribution in [0.2, 0.25) is 0 Å². The largest absolute Gasteiger partial charge is 0.465 e. The molecular formula is C31H38N2O4. The first-order valence-electron chi connectivity index (χ1n) is 13.7. The van der Waals surface area contributed by atoms with Crippen LogP contribution < -0.4 is 10.6 Å². The summed E-state index contributed by atoms with van der Waals surface area (Å²) in [4.78, 5) is 26.3. The maximum atomic E-state index is 13.8. The van der Waals surface area contributed by atoms with Crippen LogP contribution in [0.1, 0.15) is 55.5 Å². The number of amides is 1. The lowest BCUT2D eigenvalue weighted by molar-refractivity contribution is -0.412. The summed E-state index contributed by atoms with van der Waals surface area (Å²) in [5.41, 5.74) is 3.82. The van der Waals surface area contributed by atoms with Crippen molar-refractivity contribution in [2.24, 2.45) is 40.4 Å². The predicted molar refractivity (Wildman–Crippen MR) is 143 cm³/mol. The number of ether oxygens (including phenoxy) is 1. The van der Waals surface area contributed by atoms with Crippen molar-refractivity contribution in [1.82, 2.24) is 5.32 Å². The summed E-state index contributed by atoms with van der Waals surface area (Å²) < 4.78 is 5.02. The quantitative estimate of drug-likeness (QED) is 0.499. The molecule has 1 amide bonds. The summed E-state index contributed by atoms with van der Waals surface area (Å²) >= 11 is 0. The summed E-state index contributed by atoms with van der Waals surface area (Å²) in [7, 11) is 1.38. The Morgan fingerprint density at radius 2 is 1.65 bits per heavy atom. The van der Waals surface area contributed by atoms with E-state index in [-0.39, 0.29) is 35.2 Å². The summed E-state index contributed by atoms with van der Waals surface area (Å²) in [6.45, 7) is 8.80. The summed E-state index contributed by atoms with van der Waals surface area (Å²) in [6.07, 6.45) is 2.29. The van der Waals surface area contributed by atoms with Crippen LogP contribution in [0.5, 0.6) is 0 Å². The Bertz CT molecular complexity index is 1200. The number of carbonyl (C=O) groups excluding carboxylic acids is 2. The Balaban J connectivity index is 1.27. The maximum absolute atomic E-state index is 13.8. The summed E-state index contributed by atoms with van der Waals surface area (Å²) in [5.74, 6) is 1.79. The van der Waals surface area contributed by atoms with Crippen molar-refractivity contribution in [1.29, 1.82) is 0 Å². The van der Waals surface area contributed by atoms with Crippen LogP contribution >= 0.6 is 0 Å². The van der Waals surface area contributed by atoms with Gasteiger partial charge in [0.05, 0.1) is 18.1 Å². The second-order valence-electron chi connectivity index (χ2n) is 12.1. The SMILES string of the molecule is COC(=O)c1cc(NC(=O)C23C(C)C4C2C(C3C)C4(C)CO)cc(-c2ccc(C3CCNCC3)cc2)c1. The molecule has 2 aromatic carbocycles. The number of aliphatic hydroxyl groups excluding tert-OH is 1. The van der Waals surface area contributed by atoms with Crippen molar-refractivity contribution >= 4 is 17.6 Å². The molecule has 196 valence electrons. The molecule has 6 nitrogen and oxygen atoms in total. The average Bonchev–Trinajstić information content (AvgIpc) is 2.91. The number of piperidine rings is 1. The fourth-order valence-electron chi connectivity index (χ4n) is 9.11. The van der Waals surface area contributed by atoms with Crippen molar-refractivity contribution in [3.8, 4) is 11.1 Å². The van der Waals surface area contributed by atoms with E-state index in [0.717, 1.165) is 37.1 Å². The van der Waals surface area contributed by atoms with Gasteiger partial charge in [0, 0.05) is 12.3 Å². The van der Waals surface area contributed by atoms with E-state index in [9.17, 15) is 14.7 Å². The maximum Gasteiger partial charge on any atom is 0.337 e. The number of nitrogens with one attached hydrogen (secondary N) is 2. The van der Waals surface area contributed by atoms with Crippen molar-refractivity contribution in [3.63, 3.8) is 0 Å². The third kappa shape index (κ3) is 3.24. The fourth-order valence-corrected chi connectivity index (χ4v) is 9.11. The lowest BCUT2D eigenvalue weighted by Gasteiger charge is -2.88. The number of aliphatic hydroxyl groups is 1. The van der Waals surface area contributed by atoms with E-state index in [1.165, 1.54) is 12.7 Å². The van der Waals surface area contributed by atoms with E-state index in [1.807, 2.05) is 12.1 Å². The topological polar surface area (TPSA) is 87.7 Å². The Morgan fingerprint density at radius 3 is 2.22 bits per heavy atom. The third-order valence-electron chi connectivity index (χ3n) is 10.8. The molecule has 0 radical (unpaired) electrons. The number of hydrogen-bond acceptors (Lipinski definition) is 5. The number of anilines is 1. The second-order valence-corrected chi connectivity index (χ2v) is 12.1. The van der Waals surface area contributed by atoms with Gasteiger partial charge in [0.1, 0.15) is 0 Å². The fraction of sp³-hybridized carbons (Fsp3) is 0.548. The Labute approximate surface area is 219 Å². The van der Waals surface area contributed by atoms with Gasteiger partial charge in [0.25, 0.3) is 0 Å². The van der Waals surface area contributed by atoms with Crippen molar-refractivity contribution in [3.05, 3.63) is 53.6 Å². The normalized spacial score (nSPS) is 35.9. The smallest absolute Gasteiger partial charge is 0.337 e. The van der Waals surface area contributed by atoms with Gasteiger partial charge in [-0.05, 0) is 102 Å². The van der Waals surface area contributed by atoms with Gasteiger partial charge < -0.3 is 20.5 Å². The predicted octanol–water partition coefficient (Wildman–Crippen LogP) is 4.69. The number of benzene rings is 2. The van der Waals surface area contributed by atoms with Crippen LogP contribution in [0.15, 0.2) is 42.5 Å². The average molecular weight is 503 g/mol. The van der Waals surface area contributed by atoms with Gasteiger partial charge in [-0.15, -0.1) is 0 Å². The van der Waals surface area contributed by atoms with E-state index in [1.54, 1.807) is 6.07 Å². The van der Waals surface area contributed by atoms with E-state index in [0.29, 0.717) is 34.9 Å². The van der Waals surface area contributed by atoms with Gasteiger partial charge in [0.2, 0.25) is 5.91 Å². The highest BCUT2D eigenvalue weighted by Gasteiger charge is 2.88. The first kappa shape index (κ1) is 24.6. The van der Waals surface area contributed by atoms with Gasteiger partial charge in [0.15, 0.2) is 0 Å². The highest BCUT2D eigenvalue weighted by molar-refractivity contribution is 6.01. The van der Waals surface area contributed by atoms with Crippen LogP contribution in [-0.4, -0.2) is 43.8 Å². The molecule has 6 rings (SSSR count). The van der Waals surface area contributed by atoms with Gasteiger partial charge in [-0.3, -0.25) is 4.79 Å². The van der Waals surface area contributed by atoms with Crippen LogP contribution in [-0.2, 0) is 9.53 Å². The summed E-state index contributed by atoms with van der Waals surface area (Å²) in [5, 5.41) is 16.7. The number of rotatable bonds is 6. The minimum Gasteiger partial charge on any atom is -0.465 e. The van der Waals surface area contributed by atoms with E-state index in [4.69, 9.17) is 4.74 Å². The Hall–Kier alpha value is -2.70. The molecule has 4 fully saturated rings. The minimum absolute atomic E-state index is 0.0409. The zero-order valence-corrected chi connectivity index (χ0v) is 22.2. The third-order valence-corrected chi connectivity index (χ3v) is 10.8. The molecule has 1 aliphatic heterocycles. The van der Waals surface area contributed by atoms with E-state index >= 15 is 0 Å². The molecule has 2 aromatic rings. The van der Waals surface area contributed by atoms with Crippen LogP contribution in [0.3, 0.4) is 0 Å². The molecule has 1 saturated heterocycles. The molecule has 1 heterocycles.